The number of aryl methyl sites for hydroxylation is 2. The number of rotatable bonds is 9. The topological polar surface area (TPSA) is 90.5 Å². The standard InChI is InChI=1S/C24H27N5O3/c1-17(2)32-16-8-15-28-23(31)19-11-6-7-12-20(19)29-21(26-27-24(28)29)13-14-22(30)25-18-9-4-3-5-10-18/h3-7,9-12,17H,8,13-16H2,1-2H3,(H,25,30). The zero-order valence-corrected chi connectivity index (χ0v) is 18.3. The summed E-state index contributed by atoms with van der Waals surface area (Å²) in [5, 5.41) is 12.1. The fourth-order valence-electron chi connectivity index (χ4n) is 3.69. The lowest BCUT2D eigenvalue weighted by Crippen LogP contribution is -2.24. The van der Waals surface area contributed by atoms with Crippen LogP contribution in [0.2, 0.25) is 0 Å². The molecule has 0 spiro atoms. The maximum atomic E-state index is 13.1. The summed E-state index contributed by atoms with van der Waals surface area (Å²) in [7, 11) is 0. The molecule has 4 rings (SSSR count). The zero-order chi connectivity index (χ0) is 22.5. The van der Waals surface area contributed by atoms with Crippen molar-refractivity contribution in [3.8, 4) is 0 Å². The summed E-state index contributed by atoms with van der Waals surface area (Å²) in [6.45, 7) is 5.01. The van der Waals surface area contributed by atoms with Crippen LogP contribution in [0, 0.1) is 0 Å². The van der Waals surface area contributed by atoms with Crippen LogP contribution in [-0.4, -0.2) is 37.8 Å². The number of amides is 1. The second kappa shape index (κ2) is 9.74. The summed E-state index contributed by atoms with van der Waals surface area (Å²) in [6.07, 6.45) is 1.49. The van der Waals surface area contributed by atoms with Crippen LogP contribution in [-0.2, 0) is 22.5 Å². The highest BCUT2D eigenvalue weighted by Gasteiger charge is 2.17. The second-order valence-electron chi connectivity index (χ2n) is 7.91. The normalized spacial score (nSPS) is 11.5. The molecule has 8 heteroatoms. The van der Waals surface area contributed by atoms with Crippen LogP contribution < -0.4 is 10.9 Å². The number of fused-ring (bicyclic) bond motifs is 3. The number of carbonyl (C=O) groups is 1. The first-order valence-corrected chi connectivity index (χ1v) is 10.9. The molecule has 0 unspecified atom stereocenters. The Kier molecular flexibility index (Phi) is 6.61. The lowest BCUT2D eigenvalue weighted by atomic mass is 10.2. The molecule has 0 aliphatic rings. The van der Waals surface area contributed by atoms with E-state index in [9.17, 15) is 9.59 Å². The average molecular weight is 434 g/mol. The van der Waals surface area contributed by atoms with Crippen LogP contribution in [0.1, 0.15) is 32.5 Å². The molecule has 0 saturated heterocycles. The van der Waals surface area contributed by atoms with Gasteiger partial charge in [-0.15, -0.1) is 10.2 Å². The number of carbonyl (C=O) groups excluding carboxylic acids is 1. The van der Waals surface area contributed by atoms with Crippen molar-refractivity contribution in [1.82, 2.24) is 19.2 Å². The van der Waals surface area contributed by atoms with Crippen LogP contribution in [0.25, 0.3) is 16.7 Å². The molecular formula is C24H27N5O3. The van der Waals surface area contributed by atoms with Crippen molar-refractivity contribution in [3.63, 3.8) is 0 Å². The molecule has 0 radical (unpaired) electrons. The van der Waals surface area contributed by atoms with E-state index in [4.69, 9.17) is 4.74 Å². The number of para-hydroxylation sites is 2. The minimum absolute atomic E-state index is 0.0987. The number of benzene rings is 2. The molecule has 0 bridgehead atoms. The molecule has 1 N–H and O–H groups in total. The highest BCUT2D eigenvalue weighted by atomic mass is 16.5. The monoisotopic (exact) mass is 433 g/mol. The van der Waals surface area contributed by atoms with Crippen molar-refractivity contribution >= 4 is 28.3 Å². The molecule has 2 heterocycles. The van der Waals surface area contributed by atoms with E-state index >= 15 is 0 Å². The van der Waals surface area contributed by atoms with E-state index in [-0.39, 0.29) is 24.0 Å². The molecule has 0 aliphatic carbocycles. The van der Waals surface area contributed by atoms with E-state index in [2.05, 4.69) is 15.5 Å². The molecular weight excluding hydrogens is 406 g/mol. The quantitative estimate of drug-likeness (QED) is 0.409. The maximum absolute atomic E-state index is 13.1. The predicted octanol–water partition coefficient (Wildman–Crippen LogP) is 3.43. The second-order valence-corrected chi connectivity index (χ2v) is 7.91. The average Bonchev–Trinajstić information content (AvgIpc) is 3.21. The number of ether oxygens (including phenoxy) is 1. The number of hydrogen-bond acceptors (Lipinski definition) is 5. The molecule has 0 fully saturated rings. The number of nitrogens with one attached hydrogen (secondary N) is 1. The van der Waals surface area contributed by atoms with Crippen molar-refractivity contribution < 1.29 is 9.53 Å². The molecule has 32 heavy (non-hydrogen) atoms. The fourth-order valence-corrected chi connectivity index (χ4v) is 3.69. The first-order valence-electron chi connectivity index (χ1n) is 10.9. The van der Waals surface area contributed by atoms with Gasteiger partial charge in [0.25, 0.3) is 5.56 Å². The van der Waals surface area contributed by atoms with Gasteiger partial charge in [-0.2, -0.15) is 0 Å². The summed E-state index contributed by atoms with van der Waals surface area (Å²) < 4.78 is 9.15. The molecule has 4 aromatic rings. The number of hydrogen-bond donors (Lipinski definition) is 1. The number of anilines is 1. The van der Waals surface area contributed by atoms with Crippen LogP contribution in [0.5, 0.6) is 0 Å². The van der Waals surface area contributed by atoms with Crippen molar-refractivity contribution in [3.05, 3.63) is 70.8 Å². The van der Waals surface area contributed by atoms with Crippen LogP contribution in [0.4, 0.5) is 5.69 Å². The molecule has 0 aliphatic heterocycles. The Hall–Kier alpha value is -3.52. The summed E-state index contributed by atoms with van der Waals surface area (Å²) in [6, 6.07) is 16.8. The van der Waals surface area contributed by atoms with E-state index < -0.39 is 0 Å². The van der Waals surface area contributed by atoms with Gasteiger partial charge in [0.1, 0.15) is 5.82 Å². The SMILES string of the molecule is CC(C)OCCCn1c(=O)c2ccccc2n2c(CCC(=O)Nc3ccccc3)nnc12. The van der Waals surface area contributed by atoms with Gasteiger partial charge in [0.15, 0.2) is 0 Å². The van der Waals surface area contributed by atoms with Gasteiger partial charge < -0.3 is 10.1 Å². The first kappa shape index (κ1) is 21.7. The van der Waals surface area contributed by atoms with E-state index in [1.54, 1.807) is 4.57 Å². The first-order chi connectivity index (χ1) is 15.5. The van der Waals surface area contributed by atoms with Crippen molar-refractivity contribution in [2.75, 3.05) is 11.9 Å². The highest BCUT2D eigenvalue weighted by molar-refractivity contribution is 5.90. The Morgan fingerprint density at radius 1 is 1.06 bits per heavy atom. The summed E-state index contributed by atoms with van der Waals surface area (Å²) in [5.41, 5.74) is 1.40. The molecule has 2 aromatic carbocycles. The lowest BCUT2D eigenvalue weighted by Gasteiger charge is -2.12. The molecule has 1 amide bonds. The predicted molar refractivity (Wildman–Crippen MR) is 124 cm³/mol. The van der Waals surface area contributed by atoms with Gasteiger partial charge in [0, 0.05) is 31.7 Å². The maximum Gasteiger partial charge on any atom is 0.262 e. The smallest absolute Gasteiger partial charge is 0.262 e. The molecule has 166 valence electrons. The Balaban J connectivity index is 1.61. The van der Waals surface area contributed by atoms with Crippen molar-refractivity contribution in [2.45, 2.75) is 45.8 Å². The van der Waals surface area contributed by atoms with Gasteiger partial charge in [0.2, 0.25) is 11.7 Å². The minimum atomic E-state index is -0.101. The molecule has 0 saturated carbocycles. The van der Waals surface area contributed by atoms with Gasteiger partial charge in [-0.25, -0.2) is 0 Å². The summed E-state index contributed by atoms with van der Waals surface area (Å²) in [5.74, 6) is 1.03. The van der Waals surface area contributed by atoms with Crippen LogP contribution in [0.15, 0.2) is 59.4 Å². The van der Waals surface area contributed by atoms with Gasteiger partial charge in [0.05, 0.1) is 17.0 Å². The number of nitrogens with zero attached hydrogens (tertiary/aromatic N) is 4. The van der Waals surface area contributed by atoms with Gasteiger partial charge in [-0.1, -0.05) is 30.3 Å². The van der Waals surface area contributed by atoms with E-state index in [1.807, 2.05) is 72.8 Å². The van der Waals surface area contributed by atoms with Crippen LogP contribution in [0.3, 0.4) is 0 Å². The van der Waals surface area contributed by atoms with Gasteiger partial charge >= 0.3 is 0 Å². The van der Waals surface area contributed by atoms with Crippen LogP contribution >= 0.6 is 0 Å². The largest absolute Gasteiger partial charge is 0.379 e. The Morgan fingerprint density at radius 3 is 2.59 bits per heavy atom. The van der Waals surface area contributed by atoms with E-state index in [1.165, 1.54) is 0 Å². The van der Waals surface area contributed by atoms with Crippen molar-refractivity contribution in [2.24, 2.45) is 0 Å². The number of aromatic nitrogens is 4. The third kappa shape index (κ3) is 4.70. The molecule has 0 atom stereocenters. The Morgan fingerprint density at radius 2 is 1.81 bits per heavy atom. The Bertz CT molecular complexity index is 1280. The summed E-state index contributed by atoms with van der Waals surface area (Å²) in [4.78, 5) is 25.5. The van der Waals surface area contributed by atoms with E-state index in [0.29, 0.717) is 43.0 Å². The fraction of sp³-hybridized carbons (Fsp3) is 0.333. The lowest BCUT2D eigenvalue weighted by molar-refractivity contribution is -0.116. The van der Waals surface area contributed by atoms with Gasteiger partial charge in [-0.3, -0.25) is 18.6 Å². The van der Waals surface area contributed by atoms with Crippen molar-refractivity contribution in [1.29, 1.82) is 0 Å². The third-order valence-electron chi connectivity index (χ3n) is 5.19. The van der Waals surface area contributed by atoms with Gasteiger partial charge in [-0.05, 0) is 44.5 Å². The minimum Gasteiger partial charge on any atom is -0.379 e. The Labute approximate surface area is 185 Å². The van der Waals surface area contributed by atoms with E-state index in [0.717, 1.165) is 11.2 Å². The highest BCUT2D eigenvalue weighted by Crippen LogP contribution is 2.16. The zero-order valence-electron chi connectivity index (χ0n) is 18.3. The summed E-state index contributed by atoms with van der Waals surface area (Å²) >= 11 is 0. The molecule has 2 aromatic heterocycles. The third-order valence-corrected chi connectivity index (χ3v) is 5.19. The molecule has 8 nitrogen and oxygen atoms in total.